The first-order valence-corrected chi connectivity index (χ1v) is 9.60. The van der Waals surface area contributed by atoms with Crippen LogP contribution in [0.25, 0.3) is 5.69 Å². The predicted octanol–water partition coefficient (Wildman–Crippen LogP) is 3.33. The largest absolute Gasteiger partial charge is 0.497 e. The molecule has 2 aromatic carbocycles. The molecule has 1 aliphatic rings. The van der Waals surface area contributed by atoms with E-state index in [1.165, 1.54) is 0 Å². The Kier molecular flexibility index (Phi) is 5.19. The van der Waals surface area contributed by atoms with Gasteiger partial charge in [0.05, 0.1) is 31.1 Å². The lowest BCUT2D eigenvalue weighted by atomic mass is 10.2. The van der Waals surface area contributed by atoms with Gasteiger partial charge in [-0.25, -0.2) is 10.2 Å². The van der Waals surface area contributed by atoms with E-state index in [1.807, 2.05) is 58.2 Å². The van der Waals surface area contributed by atoms with E-state index in [0.29, 0.717) is 11.6 Å². The van der Waals surface area contributed by atoms with Crippen molar-refractivity contribution in [3.8, 4) is 11.4 Å². The number of halogens is 2. The lowest BCUT2D eigenvalue weighted by molar-refractivity contribution is 0.288. The fourth-order valence-corrected chi connectivity index (χ4v) is 3.72. The number of hydrogen-bond donors (Lipinski definition) is 2. The monoisotopic (exact) mass is 494 g/mol. The van der Waals surface area contributed by atoms with Gasteiger partial charge in [0.25, 0.3) is 0 Å². The molecular weight excluding hydrogens is 479 g/mol. The van der Waals surface area contributed by atoms with Crippen LogP contribution >= 0.6 is 34.2 Å². The van der Waals surface area contributed by atoms with Crippen molar-refractivity contribution >= 4 is 40.0 Å². The normalized spacial score (nSPS) is 13.4. The molecule has 3 aromatic rings. The highest BCUT2D eigenvalue weighted by atomic mass is 127. The number of amidine groups is 1. The number of hydrazone groups is 1. The molecular formula is C18H16ClIN6O. The zero-order valence-electron chi connectivity index (χ0n) is 14.4. The minimum Gasteiger partial charge on any atom is -0.497 e. The molecule has 0 unspecified atom stereocenters. The molecule has 1 aliphatic heterocycles. The van der Waals surface area contributed by atoms with Gasteiger partial charge in [0.2, 0.25) is 0 Å². The van der Waals surface area contributed by atoms with Crippen LogP contribution in [0.2, 0.25) is 5.02 Å². The van der Waals surface area contributed by atoms with Crippen molar-refractivity contribution in [1.82, 2.24) is 25.9 Å². The highest BCUT2D eigenvalue weighted by Gasteiger charge is 2.24. The van der Waals surface area contributed by atoms with Crippen LogP contribution < -0.4 is 15.8 Å². The summed E-state index contributed by atoms with van der Waals surface area (Å²) in [5.74, 6) is 1.60. The molecule has 0 atom stereocenters. The van der Waals surface area contributed by atoms with Crippen molar-refractivity contribution in [2.24, 2.45) is 5.10 Å². The first-order valence-electron chi connectivity index (χ1n) is 8.14. The molecule has 0 saturated carbocycles. The molecule has 2 heterocycles. The SMILES string of the molecule is COc1ccc(CN2NNN=C2c2cnn(-c3cccc(Cl)c3)c2I)cc1. The van der Waals surface area contributed by atoms with Crippen LogP contribution in [0, 0.1) is 3.70 Å². The average Bonchev–Trinajstić information content (AvgIpc) is 3.28. The summed E-state index contributed by atoms with van der Waals surface area (Å²) in [5, 5.41) is 11.5. The van der Waals surface area contributed by atoms with Crippen molar-refractivity contribution in [2.75, 3.05) is 7.11 Å². The zero-order valence-corrected chi connectivity index (χ0v) is 17.3. The summed E-state index contributed by atoms with van der Waals surface area (Å²) in [7, 11) is 1.66. The van der Waals surface area contributed by atoms with Crippen LogP contribution in [0.3, 0.4) is 0 Å². The molecule has 0 amide bonds. The molecule has 7 nitrogen and oxygen atoms in total. The van der Waals surface area contributed by atoms with Gasteiger partial charge in [0, 0.05) is 5.02 Å². The second kappa shape index (κ2) is 7.75. The third kappa shape index (κ3) is 3.73. The Morgan fingerprint density at radius 3 is 2.74 bits per heavy atom. The zero-order chi connectivity index (χ0) is 18.8. The molecule has 0 bridgehead atoms. The van der Waals surface area contributed by atoms with E-state index in [9.17, 15) is 0 Å². The predicted molar refractivity (Wildman–Crippen MR) is 113 cm³/mol. The molecule has 0 saturated heterocycles. The minimum absolute atomic E-state index is 0.633. The van der Waals surface area contributed by atoms with E-state index in [-0.39, 0.29) is 0 Å². The highest BCUT2D eigenvalue weighted by molar-refractivity contribution is 14.1. The molecule has 0 fully saturated rings. The van der Waals surface area contributed by atoms with Gasteiger partial charge in [0.1, 0.15) is 9.45 Å². The van der Waals surface area contributed by atoms with E-state index in [1.54, 1.807) is 13.3 Å². The number of rotatable bonds is 5. The lowest BCUT2D eigenvalue weighted by Crippen LogP contribution is -2.40. The fraction of sp³-hybridized carbons (Fsp3) is 0.111. The summed E-state index contributed by atoms with van der Waals surface area (Å²) in [6.07, 6.45) is 1.80. The third-order valence-corrected chi connectivity index (χ3v) is 5.38. The Balaban J connectivity index is 1.59. The van der Waals surface area contributed by atoms with Gasteiger partial charge in [-0.15, -0.1) is 10.6 Å². The van der Waals surface area contributed by atoms with Crippen molar-refractivity contribution < 1.29 is 4.74 Å². The molecule has 9 heteroatoms. The quantitative estimate of drug-likeness (QED) is 0.533. The summed E-state index contributed by atoms with van der Waals surface area (Å²) >= 11 is 8.38. The van der Waals surface area contributed by atoms with Gasteiger partial charge < -0.3 is 4.74 Å². The number of ether oxygens (including phenoxy) is 1. The van der Waals surface area contributed by atoms with E-state index in [2.05, 4.69) is 43.9 Å². The van der Waals surface area contributed by atoms with Gasteiger partial charge in [-0.3, -0.25) is 5.01 Å². The average molecular weight is 495 g/mol. The van der Waals surface area contributed by atoms with Crippen molar-refractivity contribution in [1.29, 1.82) is 0 Å². The van der Waals surface area contributed by atoms with Crippen LogP contribution in [0.4, 0.5) is 0 Å². The van der Waals surface area contributed by atoms with E-state index < -0.39 is 0 Å². The fourth-order valence-electron chi connectivity index (χ4n) is 2.76. The Hall–Kier alpha value is -2.30. The molecule has 0 radical (unpaired) electrons. The maximum absolute atomic E-state index is 6.11. The van der Waals surface area contributed by atoms with Crippen LogP contribution in [0.15, 0.2) is 59.8 Å². The maximum atomic E-state index is 6.11. The summed E-state index contributed by atoms with van der Waals surface area (Å²) in [6.45, 7) is 0.633. The molecule has 0 spiro atoms. The number of aromatic nitrogens is 2. The van der Waals surface area contributed by atoms with Gasteiger partial charge in [0.15, 0.2) is 5.84 Å². The molecule has 4 rings (SSSR count). The van der Waals surface area contributed by atoms with Crippen molar-refractivity contribution in [2.45, 2.75) is 6.54 Å². The van der Waals surface area contributed by atoms with Crippen molar-refractivity contribution in [3.63, 3.8) is 0 Å². The summed E-state index contributed by atoms with van der Waals surface area (Å²) in [6, 6.07) is 15.5. The Labute approximate surface area is 175 Å². The van der Waals surface area contributed by atoms with Gasteiger partial charge >= 0.3 is 0 Å². The Bertz CT molecular complexity index is 988. The van der Waals surface area contributed by atoms with Crippen LogP contribution in [-0.2, 0) is 6.54 Å². The first-order chi connectivity index (χ1) is 13.2. The van der Waals surface area contributed by atoms with Gasteiger partial charge in [-0.05, 0) is 58.5 Å². The van der Waals surface area contributed by atoms with Crippen molar-refractivity contribution in [3.05, 3.63) is 74.6 Å². The van der Waals surface area contributed by atoms with Crippen LogP contribution in [-0.4, -0.2) is 27.7 Å². The van der Waals surface area contributed by atoms with E-state index in [4.69, 9.17) is 16.3 Å². The van der Waals surface area contributed by atoms with E-state index >= 15 is 0 Å². The standard InChI is InChI=1S/C18H16ClIN6O/c1-27-15-7-5-12(6-8-15)11-25-18(22-23-24-25)16-10-21-26(17(16)20)14-4-2-3-13(19)9-14/h2-10,23-24H,11H2,1H3. The molecule has 1 aromatic heterocycles. The Morgan fingerprint density at radius 2 is 2.00 bits per heavy atom. The Morgan fingerprint density at radius 1 is 1.19 bits per heavy atom. The molecule has 0 aliphatic carbocycles. The molecule has 138 valence electrons. The number of nitrogens with zero attached hydrogens (tertiary/aromatic N) is 4. The number of hydrogen-bond acceptors (Lipinski definition) is 6. The highest BCUT2D eigenvalue weighted by Crippen LogP contribution is 2.22. The van der Waals surface area contributed by atoms with Crippen LogP contribution in [0.5, 0.6) is 5.75 Å². The summed E-state index contributed by atoms with van der Waals surface area (Å²) in [4.78, 5) is 0. The topological polar surface area (TPSA) is 66.7 Å². The number of methoxy groups -OCH3 is 1. The minimum atomic E-state index is 0.633. The van der Waals surface area contributed by atoms with Crippen LogP contribution in [0.1, 0.15) is 11.1 Å². The maximum Gasteiger partial charge on any atom is 0.177 e. The van der Waals surface area contributed by atoms with Gasteiger partial charge in [-0.2, -0.15) is 5.10 Å². The first kappa shape index (κ1) is 18.1. The smallest absolute Gasteiger partial charge is 0.177 e. The number of nitrogens with one attached hydrogen (secondary N) is 2. The second-order valence-electron chi connectivity index (χ2n) is 5.83. The second-order valence-corrected chi connectivity index (χ2v) is 7.29. The number of benzene rings is 2. The van der Waals surface area contributed by atoms with E-state index in [0.717, 1.165) is 32.1 Å². The summed E-state index contributed by atoms with van der Waals surface area (Å²) < 4.78 is 8.00. The number of hydrazine groups is 2. The lowest BCUT2D eigenvalue weighted by Gasteiger charge is -2.18. The summed E-state index contributed by atoms with van der Waals surface area (Å²) in [5.41, 5.74) is 8.82. The van der Waals surface area contributed by atoms with Gasteiger partial charge in [-0.1, -0.05) is 29.8 Å². The molecule has 27 heavy (non-hydrogen) atoms. The third-order valence-electron chi connectivity index (χ3n) is 4.11. The molecule has 2 N–H and O–H groups in total.